The lowest BCUT2D eigenvalue weighted by atomic mass is 10.1. The summed E-state index contributed by atoms with van der Waals surface area (Å²) in [6, 6.07) is 8.42. The fourth-order valence-corrected chi connectivity index (χ4v) is 1.86. The van der Waals surface area contributed by atoms with Crippen molar-refractivity contribution in [2.45, 2.75) is 13.1 Å². The van der Waals surface area contributed by atoms with Crippen LogP contribution in [-0.2, 0) is 27.3 Å². The van der Waals surface area contributed by atoms with Crippen LogP contribution in [0.5, 0.6) is 0 Å². The van der Waals surface area contributed by atoms with E-state index in [4.69, 9.17) is 19.9 Å². The zero-order chi connectivity index (χ0) is 15.3. The third-order valence-corrected chi connectivity index (χ3v) is 3.13. The molecule has 0 radical (unpaired) electrons. The summed E-state index contributed by atoms with van der Waals surface area (Å²) >= 11 is 0. The number of ether oxygens (including phenoxy) is 3. The van der Waals surface area contributed by atoms with Gasteiger partial charge in [-0.3, -0.25) is 4.90 Å². The summed E-state index contributed by atoms with van der Waals surface area (Å²) in [5.41, 5.74) is 8.04. The Kier molecular flexibility index (Phi) is 10.0. The van der Waals surface area contributed by atoms with Crippen molar-refractivity contribution in [2.75, 3.05) is 53.7 Å². The number of nitrogens with zero attached hydrogens (tertiary/aromatic N) is 1. The molecule has 0 atom stereocenters. The first-order valence-electron chi connectivity index (χ1n) is 7.37. The molecule has 0 aliphatic carbocycles. The lowest BCUT2D eigenvalue weighted by molar-refractivity contribution is 0.0205. The summed E-state index contributed by atoms with van der Waals surface area (Å²) in [6.45, 7) is 5.62. The van der Waals surface area contributed by atoms with Crippen LogP contribution in [0.2, 0.25) is 0 Å². The van der Waals surface area contributed by atoms with Crippen LogP contribution in [-0.4, -0.2) is 58.6 Å². The fraction of sp³-hybridized carbons (Fsp3) is 0.625. The molecule has 1 rings (SSSR count). The van der Waals surface area contributed by atoms with Crippen LogP contribution in [0.15, 0.2) is 24.3 Å². The Bertz CT molecular complexity index is 357. The molecule has 0 saturated carbocycles. The van der Waals surface area contributed by atoms with E-state index in [0.29, 0.717) is 39.6 Å². The smallest absolute Gasteiger partial charge is 0.0701 e. The van der Waals surface area contributed by atoms with Crippen LogP contribution >= 0.6 is 0 Å². The number of likely N-dealkylation sites (N-methyl/N-ethyl adjacent to an activating group) is 1. The molecule has 5 heteroatoms. The quantitative estimate of drug-likeness (QED) is 0.588. The predicted molar refractivity (Wildman–Crippen MR) is 84.2 cm³/mol. The summed E-state index contributed by atoms with van der Waals surface area (Å²) in [4.78, 5) is 2.24. The van der Waals surface area contributed by atoms with E-state index >= 15 is 0 Å². The number of hydrogen-bond acceptors (Lipinski definition) is 5. The largest absolute Gasteiger partial charge is 0.382 e. The van der Waals surface area contributed by atoms with Crippen LogP contribution in [0.25, 0.3) is 0 Å². The maximum absolute atomic E-state index is 5.59. The zero-order valence-electron chi connectivity index (χ0n) is 13.2. The van der Waals surface area contributed by atoms with Gasteiger partial charge in [0.15, 0.2) is 0 Å². The highest BCUT2D eigenvalue weighted by molar-refractivity contribution is 5.22. The maximum Gasteiger partial charge on any atom is 0.0701 e. The number of nitrogens with two attached hydrogens (primary N) is 1. The average Bonchev–Trinajstić information content (AvgIpc) is 2.50. The Hall–Kier alpha value is -0.980. The summed E-state index contributed by atoms with van der Waals surface area (Å²) < 4.78 is 15.8. The van der Waals surface area contributed by atoms with Crippen LogP contribution in [0.3, 0.4) is 0 Å². The summed E-state index contributed by atoms with van der Waals surface area (Å²) in [5, 5.41) is 0. The van der Waals surface area contributed by atoms with Gasteiger partial charge < -0.3 is 19.9 Å². The molecule has 0 fully saturated rings. The maximum atomic E-state index is 5.59. The van der Waals surface area contributed by atoms with E-state index in [2.05, 4.69) is 36.2 Å². The second-order valence-corrected chi connectivity index (χ2v) is 4.98. The molecule has 0 aliphatic heterocycles. The molecule has 0 unspecified atom stereocenters. The van der Waals surface area contributed by atoms with E-state index in [-0.39, 0.29) is 0 Å². The fourth-order valence-electron chi connectivity index (χ4n) is 1.86. The highest BCUT2D eigenvalue weighted by Crippen LogP contribution is 2.06. The van der Waals surface area contributed by atoms with Crippen molar-refractivity contribution >= 4 is 0 Å². The van der Waals surface area contributed by atoms with E-state index in [1.165, 1.54) is 11.1 Å². The molecule has 21 heavy (non-hydrogen) atoms. The Morgan fingerprint density at radius 2 is 1.48 bits per heavy atom. The molecule has 0 amide bonds. The monoisotopic (exact) mass is 296 g/mol. The Labute approximate surface area is 128 Å². The topological polar surface area (TPSA) is 57.0 Å². The van der Waals surface area contributed by atoms with Crippen molar-refractivity contribution in [1.82, 2.24) is 4.90 Å². The number of methoxy groups -OCH3 is 1. The van der Waals surface area contributed by atoms with E-state index < -0.39 is 0 Å². The van der Waals surface area contributed by atoms with Crippen LogP contribution in [0, 0.1) is 0 Å². The molecule has 0 aromatic heterocycles. The molecule has 5 nitrogen and oxygen atoms in total. The van der Waals surface area contributed by atoms with Gasteiger partial charge in [-0.1, -0.05) is 24.3 Å². The van der Waals surface area contributed by atoms with Gasteiger partial charge in [0.2, 0.25) is 0 Å². The summed E-state index contributed by atoms with van der Waals surface area (Å²) in [5.74, 6) is 0. The normalized spacial score (nSPS) is 11.2. The minimum atomic E-state index is 0.594. The molecule has 1 aromatic carbocycles. The first-order chi connectivity index (χ1) is 10.3. The Morgan fingerprint density at radius 1 is 0.905 bits per heavy atom. The van der Waals surface area contributed by atoms with E-state index in [9.17, 15) is 0 Å². The van der Waals surface area contributed by atoms with Crippen LogP contribution in [0.1, 0.15) is 11.1 Å². The van der Waals surface area contributed by atoms with Gasteiger partial charge in [0, 0.05) is 26.7 Å². The molecule has 0 heterocycles. The summed E-state index contributed by atoms with van der Waals surface area (Å²) in [6.07, 6.45) is 0. The molecule has 0 aliphatic rings. The van der Waals surface area contributed by atoms with Crippen molar-refractivity contribution in [3.8, 4) is 0 Å². The number of benzene rings is 1. The molecule has 120 valence electrons. The van der Waals surface area contributed by atoms with Gasteiger partial charge in [0.1, 0.15) is 0 Å². The highest BCUT2D eigenvalue weighted by atomic mass is 16.5. The zero-order valence-corrected chi connectivity index (χ0v) is 13.2. The van der Waals surface area contributed by atoms with E-state index in [1.54, 1.807) is 7.11 Å². The lowest BCUT2D eigenvalue weighted by Crippen LogP contribution is -2.23. The molecule has 0 bridgehead atoms. The minimum Gasteiger partial charge on any atom is -0.382 e. The van der Waals surface area contributed by atoms with Gasteiger partial charge in [0.05, 0.1) is 33.0 Å². The number of hydrogen-bond donors (Lipinski definition) is 1. The van der Waals surface area contributed by atoms with Crippen molar-refractivity contribution in [3.63, 3.8) is 0 Å². The standard InChI is InChI=1S/C16H28N2O3/c1-18(7-8-20-11-12-21-10-9-19-2)14-16-5-3-15(13-17)4-6-16/h3-6H,7-14,17H2,1-2H3. The van der Waals surface area contributed by atoms with Gasteiger partial charge in [-0.05, 0) is 18.2 Å². The third kappa shape index (κ3) is 8.80. The Morgan fingerprint density at radius 3 is 2.10 bits per heavy atom. The first-order valence-corrected chi connectivity index (χ1v) is 7.37. The van der Waals surface area contributed by atoms with Gasteiger partial charge >= 0.3 is 0 Å². The third-order valence-electron chi connectivity index (χ3n) is 3.13. The Balaban J connectivity index is 2.04. The van der Waals surface area contributed by atoms with Gasteiger partial charge in [-0.15, -0.1) is 0 Å². The minimum absolute atomic E-state index is 0.594. The number of rotatable bonds is 12. The van der Waals surface area contributed by atoms with Gasteiger partial charge in [-0.25, -0.2) is 0 Å². The first kappa shape index (κ1) is 18.1. The predicted octanol–water partition coefficient (Wildman–Crippen LogP) is 1.26. The summed E-state index contributed by atoms with van der Waals surface area (Å²) in [7, 11) is 3.76. The second-order valence-electron chi connectivity index (χ2n) is 4.98. The van der Waals surface area contributed by atoms with Crippen LogP contribution < -0.4 is 5.73 Å². The van der Waals surface area contributed by atoms with Gasteiger partial charge in [0.25, 0.3) is 0 Å². The lowest BCUT2D eigenvalue weighted by Gasteiger charge is -2.17. The van der Waals surface area contributed by atoms with Gasteiger partial charge in [-0.2, -0.15) is 0 Å². The second kappa shape index (κ2) is 11.7. The molecule has 1 aromatic rings. The van der Waals surface area contributed by atoms with Crippen molar-refractivity contribution < 1.29 is 14.2 Å². The van der Waals surface area contributed by atoms with Crippen molar-refractivity contribution in [1.29, 1.82) is 0 Å². The molecular formula is C16H28N2O3. The van der Waals surface area contributed by atoms with Crippen molar-refractivity contribution in [2.24, 2.45) is 5.73 Å². The molecular weight excluding hydrogens is 268 g/mol. The molecule has 0 saturated heterocycles. The van der Waals surface area contributed by atoms with E-state index in [1.807, 2.05) is 0 Å². The molecule has 2 N–H and O–H groups in total. The van der Waals surface area contributed by atoms with Crippen molar-refractivity contribution in [3.05, 3.63) is 35.4 Å². The molecule has 0 spiro atoms. The van der Waals surface area contributed by atoms with E-state index in [0.717, 1.165) is 13.1 Å². The SMILES string of the molecule is COCCOCCOCCN(C)Cc1ccc(CN)cc1. The average molecular weight is 296 g/mol. The highest BCUT2D eigenvalue weighted by Gasteiger charge is 2.00. The van der Waals surface area contributed by atoms with Crippen LogP contribution in [0.4, 0.5) is 0 Å².